The van der Waals surface area contributed by atoms with Gasteiger partial charge in [-0.25, -0.2) is 13.4 Å². The van der Waals surface area contributed by atoms with Crippen molar-refractivity contribution in [1.29, 1.82) is 0 Å². The molecule has 124 valence electrons. The maximum absolute atomic E-state index is 12.6. The van der Waals surface area contributed by atoms with Gasteiger partial charge in [0.25, 0.3) is 0 Å². The Bertz CT molecular complexity index is 732. The summed E-state index contributed by atoms with van der Waals surface area (Å²) < 4.78 is 49.0. The minimum absolute atomic E-state index is 0.0974. The number of piperazine rings is 1. The van der Waals surface area contributed by atoms with E-state index < -0.39 is 22.2 Å². The van der Waals surface area contributed by atoms with Crippen LogP contribution >= 0.6 is 27.5 Å². The average Bonchev–Trinajstić information content (AvgIpc) is 2.43. The summed E-state index contributed by atoms with van der Waals surface area (Å²) in [6.07, 6.45) is -3.11. The predicted octanol–water partition coefficient (Wildman–Crippen LogP) is 2.91. The van der Waals surface area contributed by atoms with Crippen molar-refractivity contribution in [3.63, 3.8) is 0 Å². The summed E-state index contributed by atoms with van der Waals surface area (Å²) in [6.45, 7) is 7.02. The second-order valence-electron chi connectivity index (χ2n) is 6.29. The number of nitrogens with zero attached hydrogens (tertiary/aromatic N) is 3. The molecule has 22 heavy (non-hydrogen) atoms. The fourth-order valence-corrected chi connectivity index (χ4v) is 4.23. The Kier molecular flexibility index (Phi) is 4.09. The molecule has 1 fully saturated rings. The van der Waals surface area contributed by atoms with E-state index in [4.69, 9.17) is 15.7 Å². The zero-order valence-electron chi connectivity index (χ0n) is 15.7. The third-order valence-electron chi connectivity index (χ3n) is 3.76. The van der Waals surface area contributed by atoms with Crippen LogP contribution in [0, 0.1) is 0 Å². The number of pyridine rings is 1. The first-order valence-corrected chi connectivity index (χ1v) is 9.44. The van der Waals surface area contributed by atoms with Gasteiger partial charge in [-0.3, -0.25) is 4.90 Å². The monoisotopic (exact) mass is 412 g/mol. The Balaban J connectivity index is 2.52. The lowest BCUT2D eigenvalue weighted by Crippen LogP contribution is -2.55. The van der Waals surface area contributed by atoms with Gasteiger partial charge >= 0.3 is 0 Å². The number of hydrogen-bond donors (Lipinski definition) is 0. The molecule has 0 aliphatic carbocycles. The van der Waals surface area contributed by atoms with E-state index in [0.29, 0.717) is 23.3 Å². The van der Waals surface area contributed by atoms with Crippen LogP contribution < -0.4 is 0 Å². The maximum Gasteiger partial charge on any atom is 0.211 e. The first kappa shape index (κ1) is 14.2. The van der Waals surface area contributed by atoms with Gasteiger partial charge in [0.05, 0.1) is 12.2 Å². The van der Waals surface area contributed by atoms with Gasteiger partial charge in [-0.05, 0) is 54.4 Å². The zero-order chi connectivity index (χ0) is 19.2. The van der Waals surface area contributed by atoms with E-state index in [1.54, 1.807) is 12.1 Å². The lowest BCUT2D eigenvalue weighted by atomic mass is 10.00. The molecule has 1 atom stereocenters. The zero-order valence-corrected chi connectivity index (χ0v) is 15.8. The molecule has 1 aliphatic rings. The quantitative estimate of drug-likeness (QED) is 0.700. The molecule has 0 unspecified atom stereocenters. The number of halogens is 2. The van der Waals surface area contributed by atoms with E-state index in [2.05, 4.69) is 25.8 Å². The molecule has 0 amide bonds. The second kappa shape index (κ2) is 6.36. The van der Waals surface area contributed by atoms with Crippen molar-refractivity contribution in [3.8, 4) is 0 Å². The summed E-state index contributed by atoms with van der Waals surface area (Å²) in [4.78, 5) is 6.15. The fraction of sp³-hybridized carbons (Fsp3) is 0.643. The Hall–Kier alpha value is -0.210. The highest BCUT2D eigenvalue weighted by atomic mass is 79.9. The summed E-state index contributed by atoms with van der Waals surface area (Å²) in [7, 11) is -4.46. The second-order valence-corrected chi connectivity index (χ2v) is 8.91. The van der Waals surface area contributed by atoms with Crippen LogP contribution in [-0.4, -0.2) is 54.0 Å². The summed E-state index contributed by atoms with van der Waals surface area (Å²) in [5.41, 5.74) is 0.427. The molecule has 1 saturated heterocycles. The number of hydrogen-bond acceptors (Lipinski definition) is 4. The molecule has 0 aromatic carbocycles. The SMILES string of the molecule is [2H]C([2H])([2H])S(=O)(=O)N1CCN(C(C)(C)C)C[C@@H]1c1cc(Cl)nc(Br)c1. The molecule has 1 aromatic rings. The highest BCUT2D eigenvalue weighted by molar-refractivity contribution is 9.10. The highest BCUT2D eigenvalue weighted by Crippen LogP contribution is 2.32. The van der Waals surface area contributed by atoms with Crippen molar-refractivity contribution in [2.75, 3.05) is 25.8 Å². The van der Waals surface area contributed by atoms with Gasteiger partial charge in [0.2, 0.25) is 10.0 Å². The third kappa shape index (κ3) is 4.20. The standard InChI is InChI=1S/C14H21BrClN3O2S/c1-14(2,3)18-5-6-19(22(4,20)21)11(9-18)10-7-12(15)17-13(16)8-10/h7-8,11H,5-6,9H2,1-4H3/t11-/m1/s1/i4D3. The molecule has 5 nitrogen and oxygen atoms in total. The van der Waals surface area contributed by atoms with Gasteiger partial charge in [-0.15, -0.1) is 0 Å². The topological polar surface area (TPSA) is 53.5 Å². The molecule has 2 rings (SSSR count). The van der Waals surface area contributed by atoms with Crippen LogP contribution in [0.4, 0.5) is 0 Å². The van der Waals surface area contributed by atoms with E-state index in [0.717, 1.165) is 4.31 Å². The van der Waals surface area contributed by atoms with Crippen molar-refractivity contribution in [3.05, 3.63) is 27.5 Å². The molecular weight excluding hydrogens is 390 g/mol. The Labute approximate surface area is 150 Å². The summed E-state index contributed by atoms with van der Waals surface area (Å²) in [6, 6.07) is 2.59. The minimum Gasteiger partial charge on any atom is -0.295 e. The molecule has 8 heteroatoms. The first-order valence-electron chi connectivity index (χ1n) is 8.33. The minimum atomic E-state index is -4.46. The molecule has 0 spiro atoms. The van der Waals surface area contributed by atoms with Gasteiger partial charge in [-0.1, -0.05) is 11.6 Å². The van der Waals surface area contributed by atoms with Crippen LogP contribution in [0.15, 0.2) is 16.7 Å². The van der Waals surface area contributed by atoms with Crippen LogP contribution in [-0.2, 0) is 10.0 Å². The maximum atomic E-state index is 12.6. The molecule has 0 saturated carbocycles. The van der Waals surface area contributed by atoms with Crippen LogP contribution in [0.3, 0.4) is 0 Å². The molecular formula is C14H21BrClN3O2S. The molecule has 1 aromatic heterocycles. The van der Waals surface area contributed by atoms with E-state index in [1.165, 1.54) is 0 Å². The van der Waals surface area contributed by atoms with Gasteiger partial charge in [0, 0.05) is 29.3 Å². The molecule has 0 radical (unpaired) electrons. The molecule has 0 bridgehead atoms. The number of sulfonamides is 1. The van der Waals surface area contributed by atoms with Crippen molar-refractivity contribution >= 4 is 37.6 Å². The molecule has 1 aliphatic heterocycles. The summed E-state index contributed by atoms with van der Waals surface area (Å²) >= 11 is 9.27. The summed E-state index contributed by atoms with van der Waals surface area (Å²) in [5.74, 6) is 0. The normalized spacial score (nSPS) is 24.6. The van der Waals surface area contributed by atoms with Crippen LogP contribution in [0.25, 0.3) is 0 Å². The van der Waals surface area contributed by atoms with Gasteiger partial charge in [0.1, 0.15) is 9.76 Å². The Morgan fingerprint density at radius 2 is 2.09 bits per heavy atom. The summed E-state index contributed by atoms with van der Waals surface area (Å²) in [5, 5.41) is 0.212. The first-order chi connectivity index (χ1) is 11.2. The van der Waals surface area contributed by atoms with Crippen LogP contribution in [0.1, 0.15) is 36.5 Å². The highest BCUT2D eigenvalue weighted by Gasteiger charge is 2.37. The van der Waals surface area contributed by atoms with Crippen molar-refractivity contribution < 1.29 is 12.5 Å². The van der Waals surface area contributed by atoms with Gasteiger partial charge < -0.3 is 0 Å². The lowest BCUT2D eigenvalue weighted by Gasteiger charge is -2.46. The Morgan fingerprint density at radius 3 is 2.64 bits per heavy atom. The smallest absolute Gasteiger partial charge is 0.211 e. The number of aromatic nitrogens is 1. The lowest BCUT2D eigenvalue weighted by molar-refractivity contribution is 0.0592. The fourth-order valence-electron chi connectivity index (χ4n) is 2.61. The third-order valence-corrected chi connectivity index (χ3v) is 5.41. The Morgan fingerprint density at radius 1 is 1.41 bits per heavy atom. The number of rotatable bonds is 2. The average molecular weight is 414 g/mol. The van der Waals surface area contributed by atoms with Crippen molar-refractivity contribution in [1.82, 2.24) is 14.2 Å². The van der Waals surface area contributed by atoms with Gasteiger partial charge in [-0.2, -0.15) is 4.31 Å². The van der Waals surface area contributed by atoms with Crippen LogP contribution in [0.2, 0.25) is 5.15 Å². The predicted molar refractivity (Wildman–Crippen MR) is 92.6 cm³/mol. The van der Waals surface area contributed by atoms with E-state index in [-0.39, 0.29) is 17.2 Å². The largest absolute Gasteiger partial charge is 0.295 e. The van der Waals surface area contributed by atoms with Crippen molar-refractivity contribution in [2.24, 2.45) is 0 Å². The van der Waals surface area contributed by atoms with E-state index in [9.17, 15) is 8.42 Å². The van der Waals surface area contributed by atoms with Crippen molar-refractivity contribution in [2.45, 2.75) is 32.4 Å². The van der Waals surface area contributed by atoms with E-state index in [1.807, 2.05) is 20.8 Å². The van der Waals surface area contributed by atoms with E-state index >= 15 is 0 Å². The molecule has 2 heterocycles. The molecule has 0 N–H and O–H groups in total. The van der Waals surface area contributed by atoms with Gasteiger partial charge in [0.15, 0.2) is 0 Å². The van der Waals surface area contributed by atoms with Crippen LogP contribution in [0.5, 0.6) is 0 Å².